The smallest absolute Gasteiger partial charge is 0.339 e. The lowest BCUT2D eigenvalue weighted by Crippen LogP contribution is -2.36. The number of anilines is 1. The Morgan fingerprint density at radius 2 is 2.11 bits per heavy atom. The Morgan fingerprint density at radius 3 is 2.79 bits per heavy atom. The molecule has 3 heterocycles. The van der Waals surface area contributed by atoms with E-state index in [0.29, 0.717) is 48.7 Å². The summed E-state index contributed by atoms with van der Waals surface area (Å²) in [6.07, 6.45) is 2.35. The fourth-order valence-electron chi connectivity index (χ4n) is 3.34. The molecule has 2 aromatic heterocycles. The van der Waals surface area contributed by atoms with E-state index in [-0.39, 0.29) is 5.91 Å². The van der Waals surface area contributed by atoms with Gasteiger partial charge in [-0.2, -0.15) is 0 Å². The number of morpholine rings is 1. The van der Waals surface area contributed by atoms with Crippen LogP contribution in [0.15, 0.2) is 18.3 Å². The third-order valence-electron chi connectivity index (χ3n) is 4.90. The molecule has 28 heavy (non-hydrogen) atoms. The molecule has 1 saturated heterocycles. The van der Waals surface area contributed by atoms with Gasteiger partial charge in [0.15, 0.2) is 0 Å². The van der Waals surface area contributed by atoms with E-state index in [1.165, 1.54) is 7.11 Å². The maximum atomic E-state index is 12.7. The number of hydrogen-bond donors (Lipinski definition) is 2. The minimum Gasteiger partial charge on any atom is -0.465 e. The lowest BCUT2D eigenvalue weighted by molar-refractivity contribution is 0.0599. The van der Waals surface area contributed by atoms with Crippen molar-refractivity contribution in [3.63, 3.8) is 0 Å². The highest BCUT2D eigenvalue weighted by Crippen LogP contribution is 2.20. The summed E-state index contributed by atoms with van der Waals surface area (Å²) in [6.45, 7) is 7.03. The van der Waals surface area contributed by atoms with Crippen molar-refractivity contribution in [3.05, 3.63) is 46.4 Å². The number of rotatable bonds is 6. The largest absolute Gasteiger partial charge is 0.465 e. The summed E-state index contributed by atoms with van der Waals surface area (Å²) in [5.41, 5.74) is 3.09. The molecule has 1 aliphatic heterocycles. The van der Waals surface area contributed by atoms with E-state index in [1.54, 1.807) is 13.1 Å². The molecule has 1 amide bonds. The number of aromatic nitrogens is 2. The van der Waals surface area contributed by atoms with Crippen molar-refractivity contribution in [2.45, 2.75) is 26.8 Å². The molecule has 0 aliphatic carbocycles. The van der Waals surface area contributed by atoms with Crippen LogP contribution in [0, 0.1) is 6.92 Å². The molecule has 0 radical (unpaired) electrons. The number of nitrogens with zero attached hydrogens (tertiary/aromatic N) is 2. The number of H-pyrrole nitrogens is 1. The first-order chi connectivity index (χ1) is 13.5. The van der Waals surface area contributed by atoms with Crippen molar-refractivity contribution < 1.29 is 19.1 Å². The highest BCUT2D eigenvalue weighted by atomic mass is 16.5. The number of aromatic amines is 1. The molecule has 0 unspecified atom stereocenters. The second-order valence-corrected chi connectivity index (χ2v) is 6.63. The van der Waals surface area contributed by atoms with Crippen molar-refractivity contribution >= 4 is 17.7 Å². The number of ether oxygens (including phenoxy) is 2. The molecule has 1 fully saturated rings. The van der Waals surface area contributed by atoms with E-state index in [4.69, 9.17) is 9.47 Å². The Balaban J connectivity index is 1.71. The van der Waals surface area contributed by atoms with Gasteiger partial charge in [-0.1, -0.05) is 6.92 Å². The lowest BCUT2D eigenvalue weighted by Gasteiger charge is -2.28. The minimum absolute atomic E-state index is 0.257. The second kappa shape index (κ2) is 8.88. The highest BCUT2D eigenvalue weighted by molar-refractivity contribution is 6.00. The maximum Gasteiger partial charge on any atom is 0.339 e. The summed E-state index contributed by atoms with van der Waals surface area (Å²) in [4.78, 5) is 34.4. The minimum atomic E-state index is -0.436. The first kappa shape index (κ1) is 19.9. The molecule has 150 valence electrons. The summed E-state index contributed by atoms with van der Waals surface area (Å²) < 4.78 is 10.2. The van der Waals surface area contributed by atoms with Crippen LogP contribution in [-0.4, -0.2) is 55.3 Å². The zero-order chi connectivity index (χ0) is 20.1. The van der Waals surface area contributed by atoms with Crippen molar-refractivity contribution in [2.75, 3.05) is 38.3 Å². The third kappa shape index (κ3) is 4.17. The van der Waals surface area contributed by atoms with Crippen molar-refractivity contribution in [1.29, 1.82) is 0 Å². The average Bonchev–Trinajstić information content (AvgIpc) is 3.08. The number of pyridine rings is 1. The Bertz CT molecular complexity index is 856. The summed E-state index contributed by atoms with van der Waals surface area (Å²) in [5, 5.41) is 2.91. The fraction of sp³-hybridized carbons (Fsp3) is 0.450. The molecule has 8 nitrogen and oxygen atoms in total. The summed E-state index contributed by atoms with van der Waals surface area (Å²) >= 11 is 0. The second-order valence-electron chi connectivity index (χ2n) is 6.63. The molecule has 2 aromatic rings. The van der Waals surface area contributed by atoms with Gasteiger partial charge >= 0.3 is 5.97 Å². The normalized spacial score (nSPS) is 14.0. The Morgan fingerprint density at radius 1 is 1.36 bits per heavy atom. The molecule has 8 heteroatoms. The van der Waals surface area contributed by atoms with Crippen LogP contribution in [0.4, 0.5) is 5.82 Å². The average molecular weight is 386 g/mol. The number of carbonyl (C=O) groups is 2. The van der Waals surface area contributed by atoms with Crippen molar-refractivity contribution in [1.82, 2.24) is 15.3 Å². The molecule has 1 aliphatic rings. The van der Waals surface area contributed by atoms with Crippen LogP contribution >= 0.6 is 0 Å². The third-order valence-corrected chi connectivity index (χ3v) is 4.90. The number of hydrogen-bond acceptors (Lipinski definition) is 6. The molecule has 3 rings (SSSR count). The standard InChI is InChI=1S/C20H26N4O4/c1-4-15-17(20(26)27-3)13(2)18(23-15)19(25)22-12-14-5-6-21-16(11-14)24-7-9-28-10-8-24/h5-6,11,23H,4,7-10,12H2,1-3H3,(H,22,25). The molecular formula is C20H26N4O4. The first-order valence-electron chi connectivity index (χ1n) is 9.40. The topological polar surface area (TPSA) is 96.5 Å². The van der Waals surface area contributed by atoms with E-state index >= 15 is 0 Å². The quantitative estimate of drug-likeness (QED) is 0.736. The number of esters is 1. The molecule has 0 bridgehead atoms. The molecule has 2 N–H and O–H groups in total. The number of nitrogens with one attached hydrogen (secondary N) is 2. The predicted molar refractivity (Wildman–Crippen MR) is 105 cm³/mol. The van der Waals surface area contributed by atoms with Gasteiger partial charge in [0.05, 0.1) is 25.9 Å². The van der Waals surface area contributed by atoms with Gasteiger partial charge in [0, 0.05) is 31.5 Å². The van der Waals surface area contributed by atoms with E-state index in [0.717, 1.165) is 24.5 Å². The summed E-state index contributed by atoms with van der Waals surface area (Å²) in [6, 6.07) is 3.85. The number of methoxy groups -OCH3 is 1. The van der Waals surface area contributed by atoms with Gasteiger partial charge in [0.1, 0.15) is 11.5 Å². The van der Waals surface area contributed by atoms with E-state index in [1.807, 2.05) is 19.1 Å². The van der Waals surface area contributed by atoms with Gasteiger partial charge < -0.3 is 24.7 Å². The van der Waals surface area contributed by atoms with Gasteiger partial charge in [-0.15, -0.1) is 0 Å². The van der Waals surface area contributed by atoms with Crippen LogP contribution < -0.4 is 10.2 Å². The lowest BCUT2D eigenvalue weighted by atomic mass is 10.1. The van der Waals surface area contributed by atoms with Crippen LogP contribution in [0.5, 0.6) is 0 Å². The zero-order valence-corrected chi connectivity index (χ0v) is 16.5. The Labute approximate surface area is 164 Å². The highest BCUT2D eigenvalue weighted by Gasteiger charge is 2.23. The predicted octanol–water partition coefficient (Wildman–Crippen LogP) is 1.83. The molecule has 0 saturated carbocycles. The molecular weight excluding hydrogens is 360 g/mol. The van der Waals surface area contributed by atoms with E-state index in [2.05, 4.69) is 20.2 Å². The SMILES string of the molecule is CCc1[nH]c(C(=O)NCc2ccnc(N3CCOCC3)c2)c(C)c1C(=O)OC. The van der Waals surface area contributed by atoms with Crippen molar-refractivity contribution in [2.24, 2.45) is 0 Å². The number of amides is 1. The Hall–Kier alpha value is -2.87. The van der Waals surface area contributed by atoms with Gasteiger partial charge in [0.25, 0.3) is 5.91 Å². The summed E-state index contributed by atoms with van der Waals surface area (Å²) in [5.74, 6) is 0.188. The van der Waals surface area contributed by atoms with Gasteiger partial charge in [-0.05, 0) is 36.6 Å². The van der Waals surface area contributed by atoms with Crippen LogP contribution in [0.3, 0.4) is 0 Å². The van der Waals surface area contributed by atoms with Gasteiger partial charge in [-0.25, -0.2) is 9.78 Å². The van der Waals surface area contributed by atoms with Gasteiger partial charge in [0.2, 0.25) is 0 Å². The molecule has 0 spiro atoms. The number of aryl methyl sites for hydroxylation is 1. The molecule has 0 atom stereocenters. The van der Waals surface area contributed by atoms with Gasteiger partial charge in [-0.3, -0.25) is 4.79 Å². The van der Waals surface area contributed by atoms with Crippen LogP contribution in [0.25, 0.3) is 0 Å². The fourth-order valence-corrected chi connectivity index (χ4v) is 3.34. The maximum absolute atomic E-state index is 12.7. The van der Waals surface area contributed by atoms with Crippen LogP contribution in [0.1, 0.15) is 44.6 Å². The first-order valence-corrected chi connectivity index (χ1v) is 9.40. The van der Waals surface area contributed by atoms with E-state index < -0.39 is 5.97 Å². The number of carbonyl (C=O) groups excluding carboxylic acids is 2. The van der Waals surface area contributed by atoms with E-state index in [9.17, 15) is 9.59 Å². The molecule has 0 aromatic carbocycles. The summed E-state index contributed by atoms with van der Waals surface area (Å²) in [7, 11) is 1.34. The van der Waals surface area contributed by atoms with Crippen molar-refractivity contribution in [3.8, 4) is 0 Å². The van der Waals surface area contributed by atoms with Crippen LogP contribution in [-0.2, 0) is 22.4 Å². The van der Waals surface area contributed by atoms with Crippen LogP contribution in [0.2, 0.25) is 0 Å². The zero-order valence-electron chi connectivity index (χ0n) is 16.5. The Kier molecular flexibility index (Phi) is 6.30. The monoisotopic (exact) mass is 386 g/mol.